The second-order valence-electron chi connectivity index (χ2n) is 7.88. The van der Waals surface area contributed by atoms with Crippen molar-refractivity contribution < 1.29 is 9.53 Å². The highest BCUT2D eigenvalue weighted by molar-refractivity contribution is 6.30. The molecule has 2 aliphatic heterocycles. The maximum absolute atomic E-state index is 12.5. The highest BCUT2D eigenvalue weighted by atomic mass is 35.5. The van der Waals surface area contributed by atoms with Crippen molar-refractivity contribution >= 4 is 28.9 Å². The number of amides is 1. The molecule has 2 saturated heterocycles. The van der Waals surface area contributed by atoms with Crippen molar-refractivity contribution in [3.8, 4) is 0 Å². The van der Waals surface area contributed by atoms with Crippen LogP contribution in [0.2, 0.25) is 5.02 Å². The number of ether oxygens (including phenoxy) is 1. The fourth-order valence-corrected chi connectivity index (χ4v) is 4.19. The molecule has 0 saturated carbocycles. The first-order chi connectivity index (χ1) is 14.7. The zero-order valence-corrected chi connectivity index (χ0v) is 18.0. The van der Waals surface area contributed by atoms with E-state index >= 15 is 0 Å². The third-order valence-electron chi connectivity index (χ3n) is 5.65. The number of carbonyl (C=O) groups excluding carboxylic acids is 1. The summed E-state index contributed by atoms with van der Waals surface area (Å²) in [4.78, 5) is 19.4. The molecule has 0 radical (unpaired) electrons. The van der Waals surface area contributed by atoms with Gasteiger partial charge in [0, 0.05) is 62.2 Å². The minimum absolute atomic E-state index is 0.0393. The molecule has 0 bridgehead atoms. The summed E-state index contributed by atoms with van der Waals surface area (Å²) in [6.45, 7) is 8.38. The van der Waals surface area contributed by atoms with Crippen LogP contribution in [0.1, 0.15) is 5.56 Å². The summed E-state index contributed by atoms with van der Waals surface area (Å²) in [6, 6.07) is 16.1. The average molecular weight is 429 g/mol. The molecule has 0 spiro atoms. The first-order valence-corrected chi connectivity index (χ1v) is 11.0. The predicted octanol–water partition coefficient (Wildman–Crippen LogP) is 2.93. The third-order valence-corrected chi connectivity index (χ3v) is 5.89. The maximum Gasteiger partial charge on any atom is 0.238 e. The smallest absolute Gasteiger partial charge is 0.238 e. The second-order valence-corrected chi connectivity index (χ2v) is 8.31. The summed E-state index contributed by atoms with van der Waals surface area (Å²) in [5, 5.41) is 3.80. The Morgan fingerprint density at radius 3 is 2.33 bits per heavy atom. The van der Waals surface area contributed by atoms with Gasteiger partial charge in [0.05, 0.1) is 19.8 Å². The van der Waals surface area contributed by atoms with Gasteiger partial charge >= 0.3 is 0 Å². The lowest BCUT2D eigenvalue weighted by atomic mass is 10.2. The van der Waals surface area contributed by atoms with E-state index in [0.29, 0.717) is 6.54 Å². The van der Waals surface area contributed by atoms with Gasteiger partial charge in [-0.05, 0) is 42.0 Å². The number of rotatable bonds is 6. The molecule has 6 nitrogen and oxygen atoms in total. The quantitative estimate of drug-likeness (QED) is 0.766. The zero-order valence-electron chi connectivity index (χ0n) is 17.2. The minimum atomic E-state index is 0.0393. The molecule has 0 atom stereocenters. The zero-order chi connectivity index (χ0) is 20.8. The summed E-state index contributed by atoms with van der Waals surface area (Å²) in [7, 11) is 0. The Labute approximate surface area is 183 Å². The number of morpholine rings is 1. The SMILES string of the molecule is O=C(CN1CCN(Cc2cccc(Cl)c2)CC1)Nc1ccc(N2CCOCC2)cc1. The van der Waals surface area contributed by atoms with Crippen LogP contribution in [0.25, 0.3) is 0 Å². The lowest BCUT2D eigenvalue weighted by molar-refractivity contribution is -0.117. The van der Waals surface area contributed by atoms with Crippen molar-refractivity contribution in [3.05, 3.63) is 59.1 Å². The van der Waals surface area contributed by atoms with Gasteiger partial charge in [0.15, 0.2) is 0 Å². The topological polar surface area (TPSA) is 48.1 Å². The van der Waals surface area contributed by atoms with Crippen molar-refractivity contribution in [1.82, 2.24) is 9.80 Å². The van der Waals surface area contributed by atoms with Crippen LogP contribution >= 0.6 is 11.6 Å². The van der Waals surface area contributed by atoms with Crippen molar-refractivity contribution in [2.24, 2.45) is 0 Å². The van der Waals surface area contributed by atoms with Gasteiger partial charge in [0.2, 0.25) is 5.91 Å². The number of nitrogens with zero attached hydrogens (tertiary/aromatic N) is 3. The van der Waals surface area contributed by atoms with Crippen LogP contribution in [0.4, 0.5) is 11.4 Å². The molecule has 1 N–H and O–H groups in total. The van der Waals surface area contributed by atoms with Gasteiger partial charge in [0.1, 0.15) is 0 Å². The fourth-order valence-electron chi connectivity index (χ4n) is 3.98. The van der Waals surface area contributed by atoms with E-state index in [2.05, 4.69) is 38.2 Å². The van der Waals surface area contributed by atoms with Crippen LogP contribution in [0.3, 0.4) is 0 Å². The monoisotopic (exact) mass is 428 g/mol. The van der Waals surface area contributed by atoms with Gasteiger partial charge < -0.3 is 15.0 Å². The third kappa shape index (κ3) is 5.95. The Morgan fingerprint density at radius 2 is 1.63 bits per heavy atom. The molecule has 0 aromatic heterocycles. The molecule has 2 heterocycles. The molecule has 0 aliphatic carbocycles. The van der Waals surface area contributed by atoms with Gasteiger partial charge in [-0.15, -0.1) is 0 Å². The molecule has 2 fully saturated rings. The van der Waals surface area contributed by atoms with Crippen molar-refractivity contribution in [1.29, 1.82) is 0 Å². The van der Waals surface area contributed by atoms with Gasteiger partial charge in [-0.2, -0.15) is 0 Å². The maximum atomic E-state index is 12.5. The van der Waals surface area contributed by atoms with Crippen LogP contribution in [-0.4, -0.2) is 74.7 Å². The van der Waals surface area contributed by atoms with Crippen LogP contribution in [-0.2, 0) is 16.1 Å². The minimum Gasteiger partial charge on any atom is -0.378 e. The lowest BCUT2D eigenvalue weighted by Crippen LogP contribution is -2.48. The number of carbonyl (C=O) groups is 1. The fraction of sp³-hybridized carbons (Fsp3) is 0.435. The highest BCUT2D eigenvalue weighted by Gasteiger charge is 2.19. The van der Waals surface area contributed by atoms with Gasteiger partial charge in [-0.1, -0.05) is 23.7 Å². The number of piperazine rings is 1. The number of hydrogen-bond acceptors (Lipinski definition) is 5. The Kier molecular flexibility index (Phi) is 7.23. The van der Waals surface area contributed by atoms with Crippen LogP contribution in [0.15, 0.2) is 48.5 Å². The van der Waals surface area contributed by atoms with Gasteiger partial charge in [0.25, 0.3) is 0 Å². The van der Waals surface area contributed by atoms with Crippen LogP contribution in [0.5, 0.6) is 0 Å². The summed E-state index contributed by atoms with van der Waals surface area (Å²) < 4.78 is 5.40. The van der Waals surface area contributed by atoms with E-state index in [-0.39, 0.29) is 5.91 Å². The summed E-state index contributed by atoms with van der Waals surface area (Å²) in [5.41, 5.74) is 3.25. The summed E-state index contributed by atoms with van der Waals surface area (Å²) >= 11 is 6.08. The predicted molar refractivity (Wildman–Crippen MR) is 121 cm³/mol. The Hall–Kier alpha value is -2.12. The average Bonchev–Trinajstić information content (AvgIpc) is 2.76. The number of halogens is 1. The normalized spacial score (nSPS) is 18.4. The lowest BCUT2D eigenvalue weighted by Gasteiger charge is -2.34. The number of nitrogens with one attached hydrogen (secondary N) is 1. The first-order valence-electron chi connectivity index (χ1n) is 10.6. The molecule has 30 heavy (non-hydrogen) atoms. The van der Waals surface area contributed by atoms with E-state index in [4.69, 9.17) is 16.3 Å². The first kappa shape index (κ1) is 21.1. The number of hydrogen-bond donors (Lipinski definition) is 1. The molecule has 0 unspecified atom stereocenters. The van der Waals surface area contributed by atoms with Gasteiger partial charge in [-0.25, -0.2) is 0 Å². The van der Waals surface area contributed by atoms with E-state index < -0.39 is 0 Å². The van der Waals surface area contributed by atoms with Crippen molar-refractivity contribution in [2.45, 2.75) is 6.54 Å². The largest absolute Gasteiger partial charge is 0.378 e. The summed E-state index contributed by atoms with van der Waals surface area (Å²) in [5.74, 6) is 0.0393. The molecular formula is C23H29ClN4O2. The molecule has 2 aliphatic rings. The molecule has 2 aromatic carbocycles. The molecule has 4 rings (SSSR count). The van der Waals surface area contributed by atoms with E-state index in [0.717, 1.165) is 69.7 Å². The summed E-state index contributed by atoms with van der Waals surface area (Å²) in [6.07, 6.45) is 0. The molecule has 7 heteroatoms. The Morgan fingerprint density at radius 1 is 0.933 bits per heavy atom. The molecular weight excluding hydrogens is 400 g/mol. The highest BCUT2D eigenvalue weighted by Crippen LogP contribution is 2.19. The standard InChI is InChI=1S/C23H29ClN4O2/c24-20-3-1-2-19(16-20)17-26-8-10-27(11-9-26)18-23(29)25-21-4-6-22(7-5-21)28-12-14-30-15-13-28/h1-7,16H,8-15,17-18H2,(H,25,29). The van der Waals surface area contributed by atoms with Crippen LogP contribution < -0.4 is 10.2 Å². The number of anilines is 2. The van der Waals surface area contributed by atoms with Crippen molar-refractivity contribution in [2.75, 3.05) is 69.2 Å². The molecule has 160 valence electrons. The molecule has 1 amide bonds. The van der Waals surface area contributed by atoms with E-state index in [1.807, 2.05) is 30.3 Å². The Bertz CT molecular complexity index is 831. The van der Waals surface area contributed by atoms with Crippen LogP contribution in [0, 0.1) is 0 Å². The van der Waals surface area contributed by atoms with Crippen molar-refractivity contribution in [3.63, 3.8) is 0 Å². The second kappa shape index (κ2) is 10.3. The molecule has 2 aromatic rings. The van der Waals surface area contributed by atoms with E-state index in [1.54, 1.807) is 0 Å². The van der Waals surface area contributed by atoms with Gasteiger partial charge in [-0.3, -0.25) is 14.6 Å². The Balaban J connectivity index is 1.20. The van der Waals surface area contributed by atoms with E-state index in [1.165, 1.54) is 11.3 Å². The van der Waals surface area contributed by atoms with E-state index in [9.17, 15) is 4.79 Å². The number of benzene rings is 2.